The molecule has 0 aliphatic carbocycles. The lowest BCUT2D eigenvalue weighted by atomic mass is 9.96. The van der Waals surface area contributed by atoms with Crippen LogP contribution < -0.4 is 9.64 Å². The first-order valence-electron chi connectivity index (χ1n) is 17.0. The van der Waals surface area contributed by atoms with E-state index in [4.69, 9.17) is 4.74 Å². The number of rotatable bonds is 9. The van der Waals surface area contributed by atoms with E-state index in [2.05, 4.69) is 31.5 Å². The molecule has 6 rings (SSSR count). The van der Waals surface area contributed by atoms with Gasteiger partial charge in [-0.1, -0.05) is 6.92 Å². The van der Waals surface area contributed by atoms with Crippen LogP contribution in [0.4, 0.5) is 10.1 Å². The molecule has 256 valence electrons. The van der Waals surface area contributed by atoms with Crippen LogP contribution >= 0.6 is 0 Å². The molecule has 3 saturated heterocycles. The molecule has 4 heterocycles. The average molecular weight is 686 g/mol. The van der Waals surface area contributed by atoms with Gasteiger partial charge in [-0.05, 0) is 101 Å². The van der Waals surface area contributed by atoms with Gasteiger partial charge in [0.05, 0.1) is 22.2 Å². The second kappa shape index (κ2) is 14.6. The first-order chi connectivity index (χ1) is 22.5. The Balaban J connectivity index is 1.23. The summed E-state index contributed by atoms with van der Waals surface area (Å²) in [5, 5.41) is 0.640. The Hall–Kier alpha value is -2.48. The minimum atomic E-state index is -4.16. The van der Waals surface area contributed by atoms with Crippen LogP contribution in [0, 0.1) is 5.82 Å². The Morgan fingerprint density at radius 1 is 0.936 bits per heavy atom. The van der Waals surface area contributed by atoms with Gasteiger partial charge in [0.25, 0.3) is 0 Å². The van der Waals surface area contributed by atoms with Crippen molar-refractivity contribution in [3.63, 3.8) is 0 Å². The predicted octanol–water partition coefficient (Wildman–Crippen LogP) is 4.80. The molecule has 3 aromatic rings. The van der Waals surface area contributed by atoms with Crippen molar-refractivity contribution in [2.45, 2.75) is 79.3 Å². The van der Waals surface area contributed by atoms with Gasteiger partial charge in [-0.15, -0.1) is 0 Å². The van der Waals surface area contributed by atoms with Crippen molar-refractivity contribution in [2.75, 3.05) is 70.1 Å². The summed E-state index contributed by atoms with van der Waals surface area (Å²) in [4.78, 5) is 15.0. The third-order valence-electron chi connectivity index (χ3n) is 10.1. The van der Waals surface area contributed by atoms with Crippen molar-refractivity contribution >= 4 is 37.6 Å². The largest absolute Gasteiger partial charge is 0.612 e. The summed E-state index contributed by atoms with van der Waals surface area (Å²) in [6, 6.07) is 10.3. The van der Waals surface area contributed by atoms with Crippen molar-refractivity contribution in [1.29, 1.82) is 0 Å². The van der Waals surface area contributed by atoms with Gasteiger partial charge in [-0.25, -0.2) is 12.8 Å². The Bertz CT molecular complexity index is 1650. The molecule has 3 aliphatic heterocycles. The summed E-state index contributed by atoms with van der Waals surface area (Å²) in [7, 11) is -4.16. The molecule has 9 nitrogen and oxygen atoms in total. The number of fused-ring (bicyclic) bond motifs is 1. The molecule has 1 aromatic heterocycles. The third-order valence-corrected chi connectivity index (χ3v) is 12.8. The number of ether oxygens (including phenoxy) is 1. The second-order valence-corrected chi connectivity index (χ2v) is 16.6. The maximum absolute atomic E-state index is 15.0. The van der Waals surface area contributed by atoms with E-state index in [0.717, 1.165) is 51.6 Å². The number of anilines is 1. The summed E-state index contributed by atoms with van der Waals surface area (Å²) in [5.74, 6) is -0.720. The minimum absolute atomic E-state index is 0.0102. The highest BCUT2D eigenvalue weighted by molar-refractivity contribution is 7.91. The van der Waals surface area contributed by atoms with E-state index >= 15 is 4.39 Å². The van der Waals surface area contributed by atoms with Crippen LogP contribution in [0.2, 0.25) is 0 Å². The van der Waals surface area contributed by atoms with Crippen LogP contribution in [-0.2, 0) is 21.0 Å². The van der Waals surface area contributed by atoms with Gasteiger partial charge in [-0.3, -0.25) is 9.88 Å². The lowest BCUT2D eigenvalue weighted by Gasteiger charge is -2.46. The molecule has 3 aliphatic rings. The smallest absolute Gasteiger partial charge is 0.210 e. The fraction of sp³-hybridized carbons (Fsp3) is 0.571. The van der Waals surface area contributed by atoms with Crippen LogP contribution in [0.1, 0.15) is 46.5 Å². The van der Waals surface area contributed by atoms with Crippen molar-refractivity contribution in [3.8, 4) is 5.75 Å². The topological polar surface area (TPSA) is 92.3 Å². The Morgan fingerprint density at radius 3 is 2.17 bits per heavy atom. The first-order valence-corrected chi connectivity index (χ1v) is 20.0. The molecular weight excluding hydrogens is 638 g/mol. The van der Waals surface area contributed by atoms with E-state index in [1.165, 1.54) is 44.3 Å². The normalized spacial score (nSPS) is 20.7. The Labute approximate surface area is 282 Å². The number of nitrogens with zero attached hydrogens (tertiary/aromatic N) is 5. The second-order valence-electron chi connectivity index (χ2n) is 13.3. The van der Waals surface area contributed by atoms with E-state index in [1.807, 2.05) is 0 Å². The van der Waals surface area contributed by atoms with Crippen molar-refractivity contribution in [1.82, 2.24) is 19.7 Å². The van der Waals surface area contributed by atoms with E-state index in [-0.39, 0.29) is 21.6 Å². The number of piperazine rings is 1. The number of hydrogen-bond donors (Lipinski definition) is 0. The van der Waals surface area contributed by atoms with Crippen LogP contribution in [0.15, 0.2) is 57.3 Å². The number of likely N-dealkylation sites (tertiary alicyclic amines) is 1. The van der Waals surface area contributed by atoms with Gasteiger partial charge in [-0.2, -0.15) is 0 Å². The monoisotopic (exact) mass is 685 g/mol. The molecule has 0 radical (unpaired) electrons. The fourth-order valence-electron chi connectivity index (χ4n) is 7.48. The average Bonchev–Trinajstić information content (AvgIpc) is 3.08. The number of likely N-dealkylation sites (N-methyl/N-ethyl adjacent to an activating group) is 1. The molecule has 0 amide bonds. The zero-order valence-electron chi connectivity index (χ0n) is 28.0. The van der Waals surface area contributed by atoms with Gasteiger partial charge >= 0.3 is 0 Å². The highest BCUT2D eigenvalue weighted by Gasteiger charge is 2.34. The van der Waals surface area contributed by atoms with Gasteiger partial charge in [0, 0.05) is 69.0 Å². The van der Waals surface area contributed by atoms with Crippen molar-refractivity contribution in [2.24, 2.45) is 0 Å². The summed E-state index contributed by atoms with van der Waals surface area (Å²) in [5.41, 5.74) is 1.18. The van der Waals surface area contributed by atoms with Gasteiger partial charge in [0.1, 0.15) is 11.2 Å². The quantitative estimate of drug-likeness (QED) is 0.295. The van der Waals surface area contributed by atoms with Crippen molar-refractivity contribution in [3.05, 3.63) is 48.4 Å². The van der Waals surface area contributed by atoms with E-state index < -0.39 is 26.8 Å². The molecule has 0 N–H and O–H groups in total. The van der Waals surface area contributed by atoms with E-state index in [0.29, 0.717) is 46.7 Å². The third kappa shape index (κ3) is 7.43. The number of pyridine rings is 1. The number of aromatic nitrogens is 1. The van der Waals surface area contributed by atoms with Crippen LogP contribution in [0.3, 0.4) is 0 Å². The Morgan fingerprint density at radius 2 is 1.57 bits per heavy atom. The van der Waals surface area contributed by atoms with Crippen LogP contribution in [-0.4, -0.2) is 116 Å². The number of halogens is 1. The highest BCUT2D eigenvalue weighted by Crippen LogP contribution is 2.39. The maximum Gasteiger partial charge on any atom is 0.210 e. The minimum Gasteiger partial charge on any atom is -0.612 e. The Kier molecular flexibility index (Phi) is 10.6. The lowest BCUT2D eigenvalue weighted by Crippen LogP contribution is -2.55. The molecule has 0 saturated carbocycles. The number of sulfone groups is 1. The summed E-state index contributed by atoms with van der Waals surface area (Å²) < 4.78 is 61.4. The molecule has 1 atom stereocenters. The molecule has 2 aromatic carbocycles. The van der Waals surface area contributed by atoms with Crippen LogP contribution in [0.5, 0.6) is 5.75 Å². The fourth-order valence-corrected chi connectivity index (χ4v) is 9.47. The zero-order valence-corrected chi connectivity index (χ0v) is 29.7. The number of hydrogen-bond acceptors (Lipinski definition) is 9. The predicted molar refractivity (Wildman–Crippen MR) is 185 cm³/mol. The van der Waals surface area contributed by atoms with Gasteiger partial charge in [0.2, 0.25) is 9.84 Å². The van der Waals surface area contributed by atoms with E-state index in [1.54, 1.807) is 38.3 Å². The number of benzene rings is 2. The van der Waals surface area contributed by atoms with E-state index in [9.17, 15) is 13.0 Å². The summed E-state index contributed by atoms with van der Waals surface area (Å²) >= 11 is -1.26. The summed E-state index contributed by atoms with van der Waals surface area (Å²) in [6.07, 6.45) is 6.96. The highest BCUT2D eigenvalue weighted by atomic mass is 32.2. The number of piperidine rings is 2. The molecule has 47 heavy (non-hydrogen) atoms. The molecule has 0 bridgehead atoms. The van der Waals surface area contributed by atoms with Gasteiger partial charge < -0.3 is 24.0 Å². The zero-order chi connectivity index (χ0) is 33.3. The molecular formula is C35H48FN5O4S2. The van der Waals surface area contributed by atoms with Crippen molar-refractivity contribution < 1.29 is 22.1 Å². The van der Waals surface area contributed by atoms with Crippen LogP contribution in [0.25, 0.3) is 10.9 Å². The summed E-state index contributed by atoms with van der Waals surface area (Å²) in [6.45, 7) is 15.2. The first kappa shape index (κ1) is 34.4. The molecule has 3 fully saturated rings. The molecule has 0 spiro atoms. The standard InChI is InChI=1S/C35H48FN5O4S2/c1-5-38-18-20-40(21-19-38)27-10-14-39(15-11-27)26-12-16-41(17-13-26)35-30-22-28(46(4)42)6-8-32(30)37-24-34(35)47(43,44)29-7-9-33(31(36)23-29)45-25(2)3/h6-9,22-27H,5,10-21H2,1-4H3. The molecule has 12 heteroatoms. The maximum atomic E-state index is 15.0. The lowest BCUT2D eigenvalue weighted by molar-refractivity contribution is 0.0449. The van der Waals surface area contributed by atoms with Gasteiger partial charge in [0.15, 0.2) is 16.5 Å². The SMILES string of the molecule is CCN1CCN(C2CCN(C3CCN(c4c(S(=O)(=O)c5ccc(OC(C)C)c(F)c5)cnc5ccc([S+](C)[O-])cc45)CC3)CC2)CC1. The molecule has 1 unspecified atom stereocenters.